The predicted octanol–water partition coefficient (Wildman–Crippen LogP) is 6.40. The van der Waals surface area contributed by atoms with Gasteiger partial charge in [0.15, 0.2) is 0 Å². The van der Waals surface area contributed by atoms with Crippen LogP contribution in [0.25, 0.3) is 0 Å². The third-order valence-electron chi connectivity index (χ3n) is 6.30. The minimum Gasteiger partial charge on any atom is -0.444 e. The number of carbonyl (C=O) groups excluding carboxylic acids is 3. The molecule has 0 fully saturated rings. The molecule has 0 aromatic heterocycles. The number of ether oxygens (including phenoxy) is 1. The highest BCUT2D eigenvalue weighted by Crippen LogP contribution is 2.33. The van der Waals surface area contributed by atoms with Crippen LogP contribution in [0.2, 0.25) is 5.02 Å². The van der Waals surface area contributed by atoms with Gasteiger partial charge in [-0.05, 0) is 83.2 Å². The van der Waals surface area contributed by atoms with Gasteiger partial charge in [0.2, 0.25) is 5.91 Å². The lowest BCUT2D eigenvalue weighted by Gasteiger charge is -2.39. The maximum atomic E-state index is 14.1. The average Bonchev–Trinajstić information content (AvgIpc) is 2.82. The lowest BCUT2D eigenvalue weighted by Crippen LogP contribution is -2.55. The third kappa shape index (κ3) is 7.90. The zero-order chi connectivity index (χ0) is 28.8. The van der Waals surface area contributed by atoms with Crippen molar-refractivity contribution < 1.29 is 19.1 Å². The normalized spacial score (nSPS) is 13.7. The van der Waals surface area contributed by atoms with Crippen LogP contribution in [0.5, 0.6) is 0 Å². The number of thiol groups is 1. The summed E-state index contributed by atoms with van der Waals surface area (Å²) in [7, 11) is 0. The van der Waals surface area contributed by atoms with E-state index in [1.165, 1.54) is 0 Å². The fourth-order valence-electron chi connectivity index (χ4n) is 4.25. The molecule has 9 heteroatoms. The average molecular weight is 562 g/mol. The SMILES string of the molecule is CCC(C)N(C(=O)C(CS)NC(=O)OC(C)(C)C)C(C(=O)Nc1c(C)cccc1Cl)c1c(C)cccc1C. The number of hydrogen-bond donors (Lipinski definition) is 3. The number of halogens is 1. The number of nitrogens with one attached hydrogen (secondary N) is 2. The lowest BCUT2D eigenvalue weighted by atomic mass is 9.92. The molecule has 2 aromatic carbocycles. The molecule has 0 aliphatic rings. The molecule has 0 bridgehead atoms. The number of alkyl carbamates (subject to hydrolysis) is 1. The van der Waals surface area contributed by atoms with Crippen LogP contribution in [0, 0.1) is 20.8 Å². The van der Waals surface area contributed by atoms with Crippen molar-refractivity contribution >= 4 is 47.8 Å². The molecule has 0 saturated carbocycles. The molecule has 2 N–H and O–H groups in total. The molecular formula is C29H40ClN3O4S. The Kier molecular flexibility index (Phi) is 11.1. The van der Waals surface area contributed by atoms with Crippen LogP contribution in [0.3, 0.4) is 0 Å². The molecule has 208 valence electrons. The number of nitrogens with zero attached hydrogens (tertiary/aromatic N) is 1. The molecule has 0 radical (unpaired) electrons. The Bertz CT molecular complexity index is 1120. The van der Waals surface area contributed by atoms with Crippen LogP contribution in [-0.2, 0) is 14.3 Å². The summed E-state index contributed by atoms with van der Waals surface area (Å²) in [6.45, 7) is 14.7. The van der Waals surface area contributed by atoms with E-state index in [-0.39, 0.29) is 11.8 Å². The van der Waals surface area contributed by atoms with Crippen LogP contribution in [0.15, 0.2) is 36.4 Å². The van der Waals surface area contributed by atoms with E-state index in [0.29, 0.717) is 17.1 Å². The Labute approximate surface area is 237 Å². The van der Waals surface area contributed by atoms with Crippen molar-refractivity contribution in [3.8, 4) is 0 Å². The van der Waals surface area contributed by atoms with Crippen molar-refractivity contribution in [1.82, 2.24) is 10.2 Å². The number of aryl methyl sites for hydroxylation is 3. The lowest BCUT2D eigenvalue weighted by molar-refractivity contribution is -0.143. The van der Waals surface area contributed by atoms with Crippen LogP contribution in [-0.4, -0.2) is 46.2 Å². The molecule has 0 spiro atoms. The molecule has 38 heavy (non-hydrogen) atoms. The van der Waals surface area contributed by atoms with Crippen molar-refractivity contribution in [3.63, 3.8) is 0 Å². The first kappa shape index (κ1) is 31.5. The van der Waals surface area contributed by atoms with E-state index in [9.17, 15) is 14.4 Å². The molecule has 2 aromatic rings. The van der Waals surface area contributed by atoms with E-state index in [0.717, 1.165) is 22.3 Å². The zero-order valence-corrected chi connectivity index (χ0v) is 25.2. The maximum Gasteiger partial charge on any atom is 0.408 e. The van der Waals surface area contributed by atoms with Crippen molar-refractivity contribution in [2.24, 2.45) is 0 Å². The summed E-state index contributed by atoms with van der Waals surface area (Å²) in [5.41, 5.74) is 3.00. The molecule has 3 amide bonds. The van der Waals surface area contributed by atoms with Gasteiger partial charge in [0.05, 0.1) is 10.7 Å². The van der Waals surface area contributed by atoms with Crippen molar-refractivity contribution in [1.29, 1.82) is 0 Å². The quantitative estimate of drug-likeness (QED) is 0.309. The number of carbonyl (C=O) groups is 3. The molecule has 0 aliphatic heterocycles. The van der Waals surface area contributed by atoms with E-state index in [1.54, 1.807) is 31.7 Å². The number of amides is 3. The first-order chi connectivity index (χ1) is 17.7. The van der Waals surface area contributed by atoms with Gasteiger partial charge in [-0.2, -0.15) is 12.6 Å². The Balaban J connectivity index is 2.63. The van der Waals surface area contributed by atoms with Crippen molar-refractivity contribution in [3.05, 3.63) is 63.7 Å². The number of benzene rings is 2. The zero-order valence-electron chi connectivity index (χ0n) is 23.5. The summed E-state index contributed by atoms with van der Waals surface area (Å²) in [6, 6.07) is 8.78. The highest BCUT2D eigenvalue weighted by Gasteiger charge is 2.39. The predicted molar refractivity (Wildman–Crippen MR) is 157 cm³/mol. The van der Waals surface area contributed by atoms with Gasteiger partial charge in [-0.15, -0.1) is 0 Å². The van der Waals surface area contributed by atoms with E-state index in [4.69, 9.17) is 16.3 Å². The summed E-state index contributed by atoms with van der Waals surface area (Å²) in [6.07, 6.45) is -0.147. The standard InChI is InChI=1S/C29H40ClN3O4S/c1-9-20(5)33(27(35)22(16-38)31-28(36)37-29(6,7)8)25(23-17(2)12-10-13-18(23)3)26(34)32-24-19(4)14-11-15-21(24)30/h10-15,20,22,25,38H,9,16H2,1-8H3,(H,31,36)(H,32,34). The molecule has 0 aliphatic carbocycles. The minimum absolute atomic E-state index is 0.0235. The number of rotatable bonds is 9. The third-order valence-corrected chi connectivity index (χ3v) is 6.98. The van der Waals surface area contributed by atoms with Crippen molar-refractivity contribution in [2.45, 2.75) is 85.5 Å². The monoisotopic (exact) mass is 561 g/mol. The molecule has 2 rings (SSSR count). The van der Waals surface area contributed by atoms with Crippen molar-refractivity contribution in [2.75, 3.05) is 11.1 Å². The Morgan fingerprint density at radius 3 is 2.08 bits per heavy atom. The maximum absolute atomic E-state index is 14.1. The molecule has 3 atom stereocenters. The second-order valence-corrected chi connectivity index (χ2v) is 11.3. The summed E-state index contributed by atoms with van der Waals surface area (Å²) in [5.74, 6) is -0.809. The van der Waals surface area contributed by atoms with Gasteiger partial charge < -0.3 is 20.3 Å². The number of hydrogen-bond acceptors (Lipinski definition) is 5. The van der Waals surface area contributed by atoms with E-state index in [1.807, 2.05) is 65.0 Å². The first-order valence-electron chi connectivity index (χ1n) is 12.8. The summed E-state index contributed by atoms with van der Waals surface area (Å²) < 4.78 is 5.37. The van der Waals surface area contributed by atoms with Gasteiger partial charge in [-0.25, -0.2) is 4.79 Å². The van der Waals surface area contributed by atoms with Gasteiger partial charge >= 0.3 is 6.09 Å². The molecule has 7 nitrogen and oxygen atoms in total. The smallest absolute Gasteiger partial charge is 0.408 e. The molecule has 0 saturated heterocycles. The minimum atomic E-state index is -1.01. The van der Waals surface area contributed by atoms with Crippen LogP contribution in [0.1, 0.15) is 69.3 Å². The molecule has 0 heterocycles. The van der Waals surface area contributed by atoms with E-state index < -0.39 is 35.6 Å². The fourth-order valence-corrected chi connectivity index (χ4v) is 4.76. The van der Waals surface area contributed by atoms with Crippen LogP contribution >= 0.6 is 24.2 Å². The van der Waals surface area contributed by atoms with Gasteiger partial charge in [0, 0.05) is 11.8 Å². The summed E-state index contributed by atoms with van der Waals surface area (Å²) >= 11 is 10.8. The molecule has 3 unspecified atom stereocenters. The van der Waals surface area contributed by atoms with Gasteiger partial charge in [0.1, 0.15) is 17.7 Å². The number of para-hydroxylation sites is 1. The highest BCUT2D eigenvalue weighted by molar-refractivity contribution is 7.80. The van der Waals surface area contributed by atoms with E-state index in [2.05, 4.69) is 23.3 Å². The Morgan fingerprint density at radius 2 is 1.58 bits per heavy atom. The van der Waals surface area contributed by atoms with Crippen LogP contribution < -0.4 is 10.6 Å². The second kappa shape index (κ2) is 13.4. The van der Waals surface area contributed by atoms with Crippen LogP contribution in [0.4, 0.5) is 10.5 Å². The topological polar surface area (TPSA) is 87.7 Å². The largest absolute Gasteiger partial charge is 0.444 e. The summed E-state index contributed by atoms with van der Waals surface area (Å²) in [4.78, 5) is 42.3. The second-order valence-electron chi connectivity index (χ2n) is 10.5. The van der Waals surface area contributed by atoms with E-state index >= 15 is 0 Å². The Hall–Kier alpha value is -2.71. The number of anilines is 1. The highest BCUT2D eigenvalue weighted by atomic mass is 35.5. The fraction of sp³-hybridized carbons (Fsp3) is 0.483. The van der Waals surface area contributed by atoms with Gasteiger partial charge in [-0.1, -0.05) is 48.9 Å². The van der Waals surface area contributed by atoms with Gasteiger partial charge in [-0.3, -0.25) is 9.59 Å². The summed E-state index contributed by atoms with van der Waals surface area (Å²) in [5, 5.41) is 6.02. The first-order valence-corrected chi connectivity index (χ1v) is 13.8. The van der Waals surface area contributed by atoms with Gasteiger partial charge in [0.25, 0.3) is 5.91 Å². The molecular weight excluding hydrogens is 522 g/mol. The Morgan fingerprint density at radius 1 is 1.03 bits per heavy atom.